The number of aliphatic carboxylic acids is 1. The number of rotatable bonds is 4. The van der Waals surface area contributed by atoms with E-state index in [-0.39, 0.29) is 23.0 Å². The van der Waals surface area contributed by atoms with Gasteiger partial charge in [-0.05, 0) is 80.7 Å². The van der Waals surface area contributed by atoms with Gasteiger partial charge in [-0.1, -0.05) is 20.3 Å². The Hall–Kier alpha value is -1.97. The molecule has 1 aliphatic carbocycles. The number of phenolic OH excluding ortho intramolecular Hbond substituents is 1. The third kappa shape index (κ3) is 3.60. The molecule has 0 aromatic heterocycles. The van der Waals surface area contributed by atoms with Crippen LogP contribution >= 0.6 is 0 Å². The Labute approximate surface area is 155 Å². The molecule has 4 heteroatoms. The number of hydrogen-bond acceptors (Lipinski definition) is 3. The second-order valence-electron chi connectivity index (χ2n) is 8.91. The molecule has 2 N–H and O–H groups in total. The van der Waals surface area contributed by atoms with Gasteiger partial charge in [0.2, 0.25) is 0 Å². The maximum absolute atomic E-state index is 11.7. The highest BCUT2D eigenvalue weighted by molar-refractivity contribution is 5.70. The number of ether oxygens (including phenoxy) is 1. The van der Waals surface area contributed by atoms with Crippen molar-refractivity contribution >= 4 is 12.0 Å². The van der Waals surface area contributed by atoms with Crippen LogP contribution in [0.2, 0.25) is 0 Å². The first-order valence-corrected chi connectivity index (χ1v) is 9.56. The van der Waals surface area contributed by atoms with E-state index in [1.165, 1.54) is 0 Å². The standard InChI is InChI=1S/C22H30O4/c1-14-12-18(23)16-7-10-22(4,26-19(16)13-14)11-8-17-15(20(24)25)6-5-9-21(17,2)3/h7,10,12-13,15,17,23H,5-6,8-9,11H2,1-4H3,(H,24,25)/t15-,17+,22-/m0/s1. The van der Waals surface area contributed by atoms with Gasteiger partial charge >= 0.3 is 5.97 Å². The third-order valence-corrected chi connectivity index (χ3v) is 6.30. The lowest BCUT2D eigenvalue weighted by Gasteiger charge is -2.44. The molecule has 1 aliphatic heterocycles. The van der Waals surface area contributed by atoms with Crippen molar-refractivity contribution in [2.24, 2.45) is 17.3 Å². The van der Waals surface area contributed by atoms with Gasteiger partial charge in [0.25, 0.3) is 0 Å². The summed E-state index contributed by atoms with van der Waals surface area (Å²) in [6.45, 7) is 8.37. The van der Waals surface area contributed by atoms with Gasteiger partial charge in [-0.15, -0.1) is 0 Å². The molecule has 0 unspecified atom stereocenters. The van der Waals surface area contributed by atoms with Gasteiger partial charge in [-0.3, -0.25) is 4.79 Å². The second kappa shape index (κ2) is 6.64. The van der Waals surface area contributed by atoms with Crippen LogP contribution in [-0.2, 0) is 4.79 Å². The lowest BCUT2D eigenvalue weighted by atomic mass is 9.61. The zero-order valence-corrected chi connectivity index (χ0v) is 16.2. The fraction of sp³-hybridized carbons (Fsp3) is 0.591. The second-order valence-corrected chi connectivity index (χ2v) is 8.91. The highest BCUT2D eigenvalue weighted by Gasteiger charge is 2.43. The van der Waals surface area contributed by atoms with Gasteiger partial charge in [0.05, 0.1) is 11.5 Å². The van der Waals surface area contributed by atoms with Crippen molar-refractivity contribution in [1.29, 1.82) is 0 Å². The quantitative estimate of drug-likeness (QED) is 0.779. The van der Waals surface area contributed by atoms with Crippen LogP contribution in [0, 0.1) is 24.2 Å². The average molecular weight is 358 g/mol. The fourth-order valence-corrected chi connectivity index (χ4v) is 4.72. The van der Waals surface area contributed by atoms with Crippen molar-refractivity contribution in [2.75, 3.05) is 0 Å². The Kier molecular flexibility index (Phi) is 4.80. The van der Waals surface area contributed by atoms with Gasteiger partial charge in [-0.2, -0.15) is 0 Å². The van der Waals surface area contributed by atoms with Gasteiger partial charge in [0, 0.05) is 0 Å². The average Bonchev–Trinajstić information content (AvgIpc) is 2.51. The Morgan fingerprint density at radius 2 is 2.04 bits per heavy atom. The minimum atomic E-state index is -0.668. The summed E-state index contributed by atoms with van der Waals surface area (Å²) in [5.74, 6) is 0.144. The topological polar surface area (TPSA) is 66.8 Å². The van der Waals surface area contributed by atoms with E-state index in [1.807, 2.05) is 32.1 Å². The molecular weight excluding hydrogens is 328 g/mol. The van der Waals surface area contributed by atoms with Gasteiger partial charge in [0.1, 0.15) is 17.1 Å². The van der Waals surface area contributed by atoms with Crippen molar-refractivity contribution in [3.8, 4) is 11.5 Å². The molecule has 4 nitrogen and oxygen atoms in total. The van der Waals surface area contributed by atoms with Gasteiger partial charge in [-0.25, -0.2) is 0 Å². The molecule has 0 saturated heterocycles. The molecule has 142 valence electrons. The number of fused-ring (bicyclic) bond motifs is 1. The van der Waals surface area contributed by atoms with E-state index in [1.54, 1.807) is 6.07 Å². The molecule has 2 aliphatic rings. The summed E-state index contributed by atoms with van der Waals surface area (Å²) in [6, 6.07) is 3.68. The molecule has 3 rings (SSSR count). The van der Waals surface area contributed by atoms with Crippen molar-refractivity contribution in [2.45, 2.75) is 65.4 Å². The first-order valence-electron chi connectivity index (χ1n) is 9.56. The zero-order chi connectivity index (χ0) is 19.1. The number of carboxylic acid groups (broad SMARTS) is 1. The molecule has 0 spiro atoms. The highest BCUT2D eigenvalue weighted by Crippen LogP contribution is 2.48. The molecule has 1 heterocycles. The summed E-state index contributed by atoms with van der Waals surface area (Å²) in [5.41, 5.74) is 1.22. The van der Waals surface area contributed by atoms with Crippen LogP contribution in [0.3, 0.4) is 0 Å². The van der Waals surface area contributed by atoms with E-state index in [2.05, 4.69) is 13.8 Å². The summed E-state index contributed by atoms with van der Waals surface area (Å²) in [5, 5.41) is 19.8. The Morgan fingerprint density at radius 1 is 1.31 bits per heavy atom. The van der Waals surface area contributed by atoms with E-state index in [0.717, 1.165) is 43.2 Å². The summed E-state index contributed by atoms with van der Waals surface area (Å²) in [4.78, 5) is 11.7. The SMILES string of the molecule is Cc1cc(O)c2c(c1)O[C@](C)(CC[C@@H]1[C@@H](C(=O)O)CCCC1(C)C)C=C2. The number of phenols is 1. The predicted octanol–water partition coefficient (Wildman–Crippen LogP) is 5.17. The molecule has 0 radical (unpaired) electrons. The number of benzene rings is 1. The van der Waals surface area contributed by atoms with Crippen LogP contribution in [-0.4, -0.2) is 21.8 Å². The smallest absolute Gasteiger partial charge is 0.306 e. The lowest BCUT2D eigenvalue weighted by Crippen LogP contribution is -2.41. The Balaban J connectivity index is 1.77. The van der Waals surface area contributed by atoms with Crippen LogP contribution < -0.4 is 4.74 Å². The lowest BCUT2D eigenvalue weighted by molar-refractivity contribution is -0.148. The number of carboxylic acids is 1. The predicted molar refractivity (Wildman–Crippen MR) is 102 cm³/mol. The van der Waals surface area contributed by atoms with Crippen molar-refractivity contribution in [3.05, 3.63) is 29.3 Å². The van der Waals surface area contributed by atoms with Crippen LogP contribution in [0.5, 0.6) is 11.5 Å². The van der Waals surface area contributed by atoms with E-state index in [9.17, 15) is 15.0 Å². The van der Waals surface area contributed by atoms with Gasteiger partial charge < -0.3 is 14.9 Å². The number of aromatic hydroxyl groups is 1. The number of hydrogen-bond donors (Lipinski definition) is 2. The van der Waals surface area contributed by atoms with Crippen LogP contribution in [0.1, 0.15) is 64.0 Å². The van der Waals surface area contributed by atoms with E-state index in [0.29, 0.717) is 5.75 Å². The molecule has 0 amide bonds. The minimum Gasteiger partial charge on any atom is -0.507 e. The van der Waals surface area contributed by atoms with Gasteiger partial charge in [0.15, 0.2) is 0 Å². The van der Waals surface area contributed by atoms with Crippen molar-refractivity contribution in [1.82, 2.24) is 0 Å². The van der Waals surface area contributed by atoms with Crippen molar-refractivity contribution < 1.29 is 19.7 Å². The minimum absolute atomic E-state index is 0.0306. The first kappa shape index (κ1) is 18.8. The monoisotopic (exact) mass is 358 g/mol. The van der Waals surface area contributed by atoms with Crippen LogP contribution in [0.15, 0.2) is 18.2 Å². The normalized spacial score (nSPS) is 29.7. The van der Waals surface area contributed by atoms with Crippen LogP contribution in [0.25, 0.3) is 6.08 Å². The Bertz CT molecular complexity index is 734. The first-order chi connectivity index (χ1) is 12.1. The summed E-state index contributed by atoms with van der Waals surface area (Å²) >= 11 is 0. The summed E-state index contributed by atoms with van der Waals surface area (Å²) < 4.78 is 6.24. The number of carbonyl (C=O) groups is 1. The Morgan fingerprint density at radius 3 is 2.73 bits per heavy atom. The molecule has 0 bridgehead atoms. The molecule has 1 aromatic rings. The number of aryl methyl sites for hydroxylation is 1. The highest BCUT2D eigenvalue weighted by atomic mass is 16.5. The van der Waals surface area contributed by atoms with E-state index in [4.69, 9.17) is 4.74 Å². The van der Waals surface area contributed by atoms with Crippen molar-refractivity contribution in [3.63, 3.8) is 0 Å². The molecule has 1 fully saturated rings. The molecule has 1 saturated carbocycles. The largest absolute Gasteiger partial charge is 0.507 e. The molecule has 3 atom stereocenters. The van der Waals surface area contributed by atoms with E-state index >= 15 is 0 Å². The third-order valence-electron chi connectivity index (χ3n) is 6.30. The zero-order valence-electron chi connectivity index (χ0n) is 16.2. The molecule has 26 heavy (non-hydrogen) atoms. The maximum Gasteiger partial charge on any atom is 0.306 e. The molecular formula is C22H30O4. The fourth-order valence-electron chi connectivity index (χ4n) is 4.72. The van der Waals surface area contributed by atoms with E-state index < -0.39 is 11.6 Å². The molecule has 1 aromatic carbocycles. The summed E-state index contributed by atoms with van der Waals surface area (Å²) in [6.07, 6.45) is 8.33. The van der Waals surface area contributed by atoms with Crippen LogP contribution in [0.4, 0.5) is 0 Å². The summed E-state index contributed by atoms with van der Waals surface area (Å²) in [7, 11) is 0. The maximum atomic E-state index is 11.7.